The number of ether oxygens (including phenoxy) is 1. The van der Waals surface area contributed by atoms with Crippen LogP contribution in [0.1, 0.15) is 11.7 Å². The SMILES string of the molecule is [C-]#[N+]c1cc(F)cc(Oc2ccc3c(c2Cl)[C@@H](O)C(F)(F)S3(=O)=O)c1. The van der Waals surface area contributed by atoms with Crippen molar-refractivity contribution in [3.63, 3.8) is 0 Å². The molecule has 0 fully saturated rings. The maximum atomic E-state index is 13.8. The Morgan fingerprint density at radius 1 is 1.28 bits per heavy atom. The molecule has 0 saturated carbocycles. The van der Waals surface area contributed by atoms with Gasteiger partial charge in [-0.05, 0) is 24.3 Å². The van der Waals surface area contributed by atoms with E-state index in [0.29, 0.717) is 0 Å². The molecule has 0 aromatic heterocycles. The van der Waals surface area contributed by atoms with Crippen LogP contribution in [0.3, 0.4) is 0 Å². The summed E-state index contributed by atoms with van der Waals surface area (Å²) in [4.78, 5) is 2.24. The Kier molecular flexibility index (Phi) is 3.95. The lowest BCUT2D eigenvalue weighted by molar-refractivity contribution is -0.0375. The third kappa shape index (κ3) is 2.54. The van der Waals surface area contributed by atoms with Crippen LogP contribution < -0.4 is 4.74 Å². The Morgan fingerprint density at radius 2 is 1.96 bits per heavy atom. The number of aliphatic hydroxyl groups excluding tert-OH is 1. The first-order chi connectivity index (χ1) is 11.6. The highest BCUT2D eigenvalue weighted by Crippen LogP contribution is 2.53. The Labute approximate surface area is 145 Å². The summed E-state index contributed by atoms with van der Waals surface area (Å²) in [5, 5.41) is 4.71. The number of hydrogen-bond donors (Lipinski definition) is 1. The molecular formula is C15H7ClF3NO4S. The van der Waals surface area contributed by atoms with Crippen molar-refractivity contribution in [1.29, 1.82) is 0 Å². The summed E-state index contributed by atoms with van der Waals surface area (Å²) in [5.74, 6) is -1.18. The van der Waals surface area contributed by atoms with Crippen molar-refractivity contribution in [2.45, 2.75) is 16.3 Å². The first kappa shape index (κ1) is 17.5. The van der Waals surface area contributed by atoms with Crippen LogP contribution in [-0.2, 0) is 9.84 Å². The maximum Gasteiger partial charge on any atom is 0.379 e. The number of halogens is 4. The van der Waals surface area contributed by atoms with Crippen molar-refractivity contribution in [1.82, 2.24) is 0 Å². The molecule has 0 saturated heterocycles. The highest BCUT2D eigenvalue weighted by atomic mass is 35.5. The molecule has 0 bridgehead atoms. The third-order valence-electron chi connectivity index (χ3n) is 3.56. The van der Waals surface area contributed by atoms with Crippen molar-refractivity contribution < 1.29 is 31.4 Å². The molecule has 1 atom stereocenters. The molecule has 2 aromatic rings. The number of alkyl halides is 2. The Morgan fingerprint density at radius 3 is 2.60 bits per heavy atom. The second-order valence-corrected chi connectivity index (χ2v) is 7.49. The van der Waals surface area contributed by atoms with E-state index in [9.17, 15) is 26.7 Å². The summed E-state index contributed by atoms with van der Waals surface area (Å²) in [6.45, 7) is 6.87. The van der Waals surface area contributed by atoms with Gasteiger partial charge in [-0.15, -0.1) is 0 Å². The molecule has 25 heavy (non-hydrogen) atoms. The van der Waals surface area contributed by atoms with Gasteiger partial charge >= 0.3 is 5.25 Å². The number of aliphatic hydroxyl groups is 1. The summed E-state index contributed by atoms with van der Waals surface area (Å²) in [7, 11) is -5.09. The Bertz CT molecular complexity index is 1030. The lowest BCUT2D eigenvalue weighted by Crippen LogP contribution is -2.28. The van der Waals surface area contributed by atoms with Crippen LogP contribution in [0.15, 0.2) is 35.2 Å². The van der Waals surface area contributed by atoms with Gasteiger partial charge in [-0.1, -0.05) is 11.6 Å². The molecule has 3 rings (SSSR count). The molecule has 0 amide bonds. The average molecular weight is 390 g/mol. The van der Waals surface area contributed by atoms with Crippen LogP contribution in [0.2, 0.25) is 5.02 Å². The number of hydrogen-bond acceptors (Lipinski definition) is 4. The van der Waals surface area contributed by atoms with E-state index in [2.05, 4.69) is 4.85 Å². The van der Waals surface area contributed by atoms with Crippen molar-refractivity contribution in [3.8, 4) is 11.5 Å². The first-order valence-corrected chi connectivity index (χ1v) is 8.44. The van der Waals surface area contributed by atoms with Gasteiger partial charge in [0.1, 0.15) is 17.3 Å². The van der Waals surface area contributed by atoms with Crippen molar-refractivity contribution in [2.24, 2.45) is 0 Å². The Balaban J connectivity index is 2.10. The van der Waals surface area contributed by atoms with E-state index >= 15 is 0 Å². The van der Waals surface area contributed by atoms with Crippen LogP contribution >= 0.6 is 11.6 Å². The second-order valence-electron chi connectivity index (χ2n) is 5.12. The number of nitrogens with zero attached hydrogens (tertiary/aromatic N) is 1. The predicted octanol–water partition coefficient (Wildman–Crippen LogP) is 4.24. The molecule has 1 heterocycles. The van der Waals surface area contributed by atoms with Gasteiger partial charge < -0.3 is 9.84 Å². The van der Waals surface area contributed by atoms with E-state index in [4.69, 9.17) is 22.9 Å². The number of benzene rings is 2. The average Bonchev–Trinajstić information content (AvgIpc) is 2.67. The highest BCUT2D eigenvalue weighted by molar-refractivity contribution is 7.92. The van der Waals surface area contributed by atoms with Crippen LogP contribution in [0, 0.1) is 12.4 Å². The van der Waals surface area contributed by atoms with E-state index in [1.807, 2.05) is 0 Å². The monoisotopic (exact) mass is 389 g/mol. The predicted molar refractivity (Wildman–Crippen MR) is 81.3 cm³/mol. The second kappa shape index (κ2) is 5.62. The zero-order valence-electron chi connectivity index (χ0n) is 12.0. The molecule has 2 aromatic carbocycles. The van der Waals surface area contributed by atoms with E-state index in [1.54, 1.807) is 0 Å². The number of rotatable bonds is 2. The molecule has 130 valence electrons. The van der Waals surface area contributed by atoms with Crippen LogP contribution in [0.5, 0.6) is 11.5 Å². The van der Waals surface area contributed by atoms with Gasteiger partial charge in [-0.3, -0.25) is 0 Å². The quantitative estimate of drug-likeness (QED) is 0.780. The summed E-state index contributed by atoms with van der Waals surface area (Å²) < 4.78 is 69.8. The van der Waals surface area contributed by atoms with Crippen molar-refractivity contribution in [2.75, 3.05) is 0 Å². The maximum absolute atomic E-state index is 13.8. The highest BCUT2D eigenvalue weighted by Gasteiger charge is 2.61. The normalized spacial score (nSPS) is 19.9. The smallest absolute Gasteiger partial charge is 0.379 e. The van der Waals surface area contributed by atoms with Crippen molar-refractivity contribution >= 4 is 27.1 Å². The van der Waals surface area contributed by atoms with E-state index in [0.717, 1.165) is 24.3 Å². The summed E-state index contributed by atoms with van der Waals surface area (Å²) >= 11 is 5.93. The summed E-state index contributed by atoms with van der Waals surface area (Å²) in [5.41, 5.74) is -0.757. The molecule has 1 N–H and O–H groups in total. The fourth-order valence-corrected chi connectivity index (χ4v) is 4.20. The summed E-state index contributed by atoms with van der Waals surface area (Å²) in [6.07, 6.45) is -2.66. The minimum atomic E-state index is -5.09. The molecule has 1 aliphatic heterocycles. The number of fused-ring (bicyclic) bond motifs is 1. The van der Waals surface area contributed by atoms with Crippen LogP contribution in [-0.4, -0.2) is 18.8 Å². The van der Waals surface area contributed by atoms with Gasteiger partial charge in [0.15, 0.2) is 11.8 Å². The van der Waals surface area contributed by atoms with Crippen LogP contribution in [0.25, 0.3) is 4.85 Å². The lowest BCUT2D eigenvalue weighted by Gasteiger charge is -2.14. The zero-order chi connectivity index (χ0) is 18.6. The van der Waals surface area contributed by atoms with Crippen molar-refractivity contribution in [3.05, 3.63) is 58.2 Å². The molecular weight excluding hydrogens is 383 g/mol. The lowest BCUT2D eigenvalue weighted by atomic mass is 10.1. The first-order valence-electron chi connectivity index (χ1n) is 6.58. The molecule has 0 spiro atoms. The molecule has 1 aliphatic rings. The van der Waals surface area contributed by atoms with Gasteiger partial charge in [0.05, 0.1) is 16.5 Å². The minimum absolute atomic E-state index is 0.0681. The molecule has 10 heteroatoms. The van der Waals surface area contributed by atoms with E-state index < -0.39 is 42.5 Å². The molecule has 5 nitrogen and oxygen atoms in total. The standard InChI is InChI=1S/C15H7ClF3NO4S/c1-20-8-4-7(17)5-9(6-8)24-10-2-3-11-12(13(10)16)14(21)15(18,19)25(11,22)23/h2-6,14,21H/t14-/m1/s1. The zero-order valence-corrected chi connectivity index (χ0v) is 13.6. The topological polar surface area (TPSA) is 68.0 Å². The fourth-order valence-electron chi connectivity index (χ4n) is 2.38. The van der Waals surface area contributed by atoms with Gasteiger partial charge in [-0.2, -0.15) is 8.78 Å². The van der Waals surface area contributed by atoms with Gasteiger partial charge in [0.25, 0.3) is 0 Å². The van der Waals surface area contributed by atoms with Gasteiger partial charge in [0, 0.05) is 11.6 Å². The van der Waals surface area contributed by atoms with E-state index in [-0.39, 0.29) is 17.2 Å². The third-order valence-corrected chi connectivity index (χ3v) is 5.82. The minimum Gasteiger partial charge on any atom is -0.457 e. The number of sulfone groups is 1. The molecule has 0 aliphatic carbocycles. The van der Waals surface area contributed by atoms with E-state index in [1.165, 1.54) is 6.07 Å². The molecule has 0 unspecified atom stereocenters. The van der Waals surface area contributed by atoms with Crippen LogP contribution in [0.4, 0.5) is 18.9 Å². The van der Waals surface area contributed by atoms with Gasteiger partial charge in [0.2, 0.25) is 9.84 Å². The van der Waals surface area contributed by atoms with Gasteiger partial charge in [-0.25, -0.2) is 17.7 Å². The Hall–Kier alpha value is -2.28. The largest absolute Gasteiger partial charge is 0.457 e. The summed E-state index contributed by atoms with van der Waals surface area (Å²) in [6, 6.07) is 4.91. The fraction of sp³-hybridized carbons (Fsp3) is 0.133. The molecule has 0 radical (unpaired) electrons.